The number of hydrogen-bond acceptors (Lipinski definition) is 4. The predicted molar refractivity (Wildman–Crippen MR) is 66.2 cm³/mol. The number of halogens is 2. The quantitative estimate of drug-likeness (QED) is 0.773. The second-order valence-electron chi connectivity index (χ2n) is 3.87. The fourth-order valence-corrected chi connectivity index (χ4v) is 2.91. The number of sulfonamides is 1. The number of carbonyl (C=O) groups is 1. The molecule has 1 aromatic rings. The highest BCUT2D eigenvalue weighted by atomic mass is 32.2. The molecule has 0 bridgehead atoms. The highest BCUT2D eigenvalue weighted by molar-refractivity contribution is 7.89. The second kappa shape index (κ2) is 6.73. The van der Waals surface area contributed by atoms with Crippen LogP contribution in [0.5, 0.6) is 0 Å². The normalized spacial score (nSPS) is 11.8. The summed E-state index contributed by atoms with van der Waals surface area (Å²) in [6.07, 6.45) is 0. The predicted octanol–water partition coefficient (Wildman–Crippen LogP) is 0.0872. The maximum atomic E-state index is 13.6. The molecule has 1 amide bonds. The van der Waals surface area contributed by atoms with Crippen molar-refractivity contribution in [2.24, 2.45) is 5.73 Å². The molecular formula is C11H14F2N2O4S. The van der Waals surface area contributed by atoms with Crippen LogP contribution in [0.2, 0.25) is 0 Å². The van der Waals surface area contributed by atoms with Crippen molar-refractivity contribution in [1.82, 2.24) is 4.31 Å². The summed E-state index contributed by atoms with van der Waals surface area (Å²) in [6.45, 7) is -0.809. The van der Waals surface area contributed by atoms with Crippen LogP contribution in [0.15, 0.2) is 23.1 Å². The summed E-state index contributed by atoms with van der Waals surface area (Å²) in [5, 5.41) is 0. The molecule has 0 fully saturated rings. The van der Waals surface area contributed by atoms with E-state index >= 15 is 0 Å². The van der Waals surface area contributed by atoms with Crippen molar-refractivity contribution in [2.45, 2.75) is 4.90 Å². The maximum absolute atomic E-state index is 13.6. The van der Waals surface area contributed by atoms with Crippen LogP contribution in [-0.4, -0.2) is 45.4 Å². The van der Waals surface area contributed by atoms with E-state index in [-0.39, 0.29) is 13.2 Å². The smallest absolute Gasteiger partial charge is 0.246 e. The summed E-state index contributed by atoms with van der Waals surface area (Å²) in [5.74, 6) is -3.04. The molecule has 0 unspecified atom stereocenters. The van der Waals surface area contributed by atoms with Gasteiger partial charge in [0.1, 0.15) is 16.5 Å². The van der Waals surface area contributed by atoms with Crippen LogP contribution in [0.4, 0.5) is 8.78 Å². The second-order valence-corrected chi connectivity index (χ2v) is 5.78. The Labute approximate surface area is 115 Å². The first-order chi connectivity index (χ1) is 9.28. The number of primary amides is 1. The summed E-state index contributed by atoms with van der Waals surface area (Å²) in [4.78, 5) is 10.2. The van der Waals surface area contributed by atoms with Gasteiger partial charge in [0.15, 0.2) is 0 Å². The molecule has 0 aromatic heterocycles. The maximum Gasteiger partial charge on any atom is 0.246 e. The third-order valence-electron chi connectivity index (χ3n) is 2.39. The topological polar surface area (TPSA) is 89.7 Å². The molecule has 2 N–H and O–H groups in total. The van der Waals surface area contributed by atoms with Gasteiger partial charge in [-0.15, -0.1) is 0 Å². The first-order valence-electron chi connectivity index (χ1n) is 5.51. The van der Waals surface area contributed by atoms with Crippen LogP contribution in [0.1, 0.15) is 0 Å². The van der Waals surface area contributed by atoms with E-state index in [1.165, 1.54) is 7.11 Å². The number of rotatable bonds is 7. The zero-order valence-corrected chi connectivity index (χ0v) is 11.5. The molecule has 20 heavy (non-hydrogen) atoms. The zero-order valence-electron chi connectivity index (χ0n) is 10.7. The molecule has 0 aliphatic heterocycles. The molecule has 0 heterocycles. The van der Waals surface area contributed by atoms with Gasteiger partial charge in [-0.2, -0.15) is 4.31 Å². The number of methoxy groups -OCH3 is 1. The minimum absolute atomic E-state index is 0.00464. The summed E-state index contributed by atoms with van der Waals surface area (Å²) in [6, 6.07) is 2.06. The van der Waals surface area contributed by atoms with Gasteiger partial charge in [-0.1, -0.05) is 0 Å². The van der Waals surface area contributed by atoms with Crippen molar-refractivity contribution in [3.05, 3.63) is 29.8 Å². The van der Waals surface area contributed by atoms with Crippen LogP contribution in [0, 0.1) is 11.6 Å². The molecule has 0 saturated carbocycles. The summed E-state index contributed by atoms with van der Waals surface area (Å²) >= 11 is 0. The zero-order chi connectivity index (χ0) is 15.3. The van der Waals surface area contributed by atoms with Gasteiger partial charge < -0.3 is 10.5 Å². The van der Waals surface area contributed by atoms with E-state index < -0.39 is 39.0 Å². The minimum atomic E-state index is -4.30. The molecule has 6 nitrogen and oxygen atoms in total. The van der Waals surface area contributed by atoms with E-state index in [0.29, 0.717) is 10.4 Å². The molecule has 0 radical (unpaired) electrons. The lowest BCUT2D eigenvalue weighted by Crippen LogP contribution is -2.40. The number of amides is 1. The first-order valence-corrected chi connectivity index (χ1v) is 6.95. The highest BCUT2D eigenvalue weighted by Crippen LogP contribution is 2.19. The Bertz CT molecular complexity index is 592. The Hall–Kier alpha value is -1.58. The Balaban J connectivity index is 3.17. The number of nitrogens with zero attached hydrogens (tertiary/aromatic N) is 1. The summed E-state index contributed by atoms with van der Waals surface area (Å²) in [5.41, 5.74) is 4.96. The Morgan fingerprint density at radius 1 is 1.40 bits per heavy atom. The van der Waals surface area contributed by atoms with Crippen LogP contribution in [0.25, 0.3) is 0 Å². The summed E-state index contributed by atoms with van der Waals surface area (Å²) in [7, 11) is -2.96. The van der Waals surface area contributed by atoms with Crippen molar-refractivity contribution in [3.63, 3.8) is 0 Å². The molecule has 0 aliphatic rings. The van der Waals surface area contributed by atoms with Crippen LogP contribution in [0.3, 0.4) is 0 Å². The summed E-state index contributed by atoms with van der Waals surface area (Å²) < 4.78 is 56.2. The van der Waals surface area contributed by atoms with E-state index in [9.17, 15) is 22.0 Å². The number of nitrogens with two attached hydrogens (primary N) is 1. The molecule has 0 saturated heterocycles. The fourth-order valence-electron chi connectivity index (χ4n) is 1.47. The van der Waals surface area contributed by atoms with E-state index in [1.807, 2.05) is 0 Å². The standard InChI is InChI=1S/C11H14F2N2O4S/c1-19-5-4-15(7-11(14)16)20(17,18)10-3-2-8(12)6-9(10)13/h2-3,6H,4-5,7H2,1H3,(H2,14,16). The molecule has 0 atom stereocenters. The van der Waals surface area contributed by atoms with Gasteiger partial charge in [-0.3, -0.25) is 4.79 Å². The Morgan fingerprint density at radius 3 is 2.55 bits per heavy atom. The average Bonchev–Trinajstić information content (AvgIpc) is 2.33. The molecule has 1 aromatic carbocycles. The van der Waals surface area contributed by atoms with Gasteiger partial charge in [0.2, 0.25) is 15.9 Å². The number of ether oxygens (including phenoxy) is 1. The van der Waals surface area contributed by atoms with E-state index in [4.69, 9.17) is 10.5 Å². The Kier molecular flexibility index (Phi) is 5.54. The van der Waals surface area contributed by atoms with Gasteiger partial charge in [-0.05, 0) is 12.1 Å². The lowest BCUT2D eigenvalue weighted by Gasteiger charge is -2.20. The molecule has 0 spiro atoms. The monoisotopic (exact) mass is 308 g/mol. The van der Waals surface area contributed by atoms with E-state index in [1.54, 1.807) is 0 Å². The molecule has 9 heteroatoms. The van der Waals surface area contributed by atoms with Crippen molar-refractivity contribution in [3.8, 4) is 0 Å². The van der Waals surface area contributed by atoms with Gasteiger partial charge in [0.05, 0.1) is 13.2 Å². The minimum Gasteiger partial charge on any atom is -0.383 e. The largest absolute Gasteiger partial charge is 0.383 e. The van der Waals surface area contributed by atoms with Crippen LogP contribution >= 0.6 is 0 Å². The first kappa shape index (κ1) is 16.5. The number of benzene rings is 1. The van der Waals surface area contributed by atoms with Crippen LogP contribution < -0.4 is 5.73 Å². The molecule has 0 aliphatic carbocycles. The SMILES string of the molecule is COCCN(CC(N)=O)S(=O)(=O)c1ccc(F)cc1F. The fraction of sp³-hybridized carbons (Fsp3) is 0.364. The van der Waals surface area contributed by atoms with Gasteiger partial charge in [-0.25, -0.2) is 17.2 Å². The lowest BCUT2D eigenvalue weighted by atomic mass is 10.3. The number of carbonyl (C=O) groups excluding carboxylic acids is 1. The van der Waals surface area contributed by atoms with Crippen molar-refractivity contribution < 1.29 is 26.7 Å². The average molecular weight is 308 g/mol. The van der Waals surface area contributed by atoms with Crippen molar-refractivity contribution >= 4 is 15.9 Å². The van der Waals surface area contributed by atoms with E-state index in [2.05, 4.69) is 0 Å². The van der Waals surface area contributed by atoms with Gasteiger partial charge in [0.25, 0.3) is 0 Å². The van der Waals surface area contributed by atoms with Crippen molar-refractivity contribution in [2.75, 3.05) is 26.8 Å². The molecule has 1 rings (SSSR count). The highest BCUT2D eigenvalue weighted by Gasteiger charge is 2.28. The third kappa shape index (κ3) is 3.95. The Morgan fingerprint density at radius 2 is 2.05 bits per heavy atom. The number of hydrogen-bond donors (Lipinski definition) is 1. The lowest BCUT2D eigenvalue weighted by molar-refractivity contribution is -0.118. The van der Waals surface area contributed by atoms with Gasteiger partial charge in [0, 0.05) is 19.7 Å². The van der Waals surface area contributed by atoms with E-state index in [0.717, 1.165) is 12.1 Å². The third-order valence-corrected chi connectivity index (χ3v) is 4.27. The van der Waals surface area contributed by atoms with Crippen LogP contribution in [-0.2, 0) is 19.6 Å². The molecular weight excluding hydrogens is 294 g/mol. The molecule has 112 valence electrons. The van der Waals surface area contributed by atoms with Crippen molar-refractivity contribution in [1.29, 1.82) is 0 Å². The van der Waals surface area contributed by atoms with Gasteiger partial charge >= 0.3 is 0 Å².